The van der Waals surface area contributed by atoms with Crippen molar-refractivity contribution in [1.82, 2.24) is 15.2 Å². The minimum Gasteiger partial charge on any atom is -0.419 e. The van der Waals surface area contributed by atoms with Crippen LogP contribution in [0.4, 0.5) is 0 Å². The first-order valence-corrected chi connectivity index (χ1v) is 4.92. The summed E-state index contributed by atoms with van der Waals surface area (Å²) in [5.74, 6) is 1.17. The van der Waals surface area contributed by atoms with Gasteiger partial charge in [-0.15, -0.1) is 21.5 Å². The summed E-state index contributed by atoms with van der Waals surface area (Å²) in [5.41, 5.74) is 0.773. The normalized spacial score (nSPS) is 10.6. The van der Waals surface area contributed by atoms with Crippen LogP contribution in [0.3, 0.4) is 0 Å². The molecule has 0 saturated carbocycles. The molecule has 0 amide bonds. The molecule has 0 fully saturated rings. The lowest BCUT2D eigenvalue weighted by Gasteiger charge is -1.84. The summed E-state index contributed by atoms with van der Waals surface area (Å²) in [5, 5.41) is 10.7. The van der Waals surface area contributed by atoms with Crippen molar-refractivity contribution in [1.29, 1.82) is 0 Å². The van der Waals surface area contributed by atoms with Crippen molar-refractivity contribution in [2.24, 2.45) is 0 Å². The van der Waals surface area contributed by atoms with Crippen LogP contribution in [0, 0.1) is 6.92 Å². The predicted molar refractivity (Wildman–Crippen MR) is 49.5 cm³/mol. The molecule has 0 N–H and O–H groups in total. The van der Waals surface area contributed by atoms with Gasteiger partial charge in [0, 0.05) is 11.8 Å². The first-order chi connectivity index (χ1) is 6.29. The lowest BCUT2D eigenvalue weighted by molar-refractivity contribution is 0.511. The molecule has 0 unspecified atom stereocenters. The molecule has 2 heterocycles. The fraction of sp³-hybridized carbons (Fsp3) is 0.375. The third-order valence-electron chi connectivity index (χ3n) is 1.61. The Kier molecular flexibility index (Phi) is 2.10. The van der Waals surface area contributed by atoms with Crippen LogP contribution >= 0.6 is 11.3 Å². The number of hydrogen-bond donors (Lipinski definition) is 0. The second-order valence-corrected chi connectivity index (χ2v) is 3.67. The van der Waals surface area contributed by atoms with Crippen LogP contribution in [0.1, 0.15) is 17.8 Å². The summed E-state index contributed by atoms with van der Waals surface area (Å²) < 4.78 is 5.35. The molecule has 5 heteroatoms. The smallest absolute Gasteiger partial charge is 0.267 e. The van der Waals surface area contributed by atoms with E-state index >= 15 is 0 Å². The lowest BCUT2D eigenvalue weighted by Crippen LogP contribution is -1.77. The van der Waals surface area contributed by atoms with Gasteiger partial charge in [0.2, 0.25) is 5.89 Å². The molecule has 2 rings (SSSR count). The summed E-state index contributed by atoms with van der Waals surface area (Å²) in [4.78, 5) is 4.25. The van der Waals surface area contributed by atoms with Crippen molar-refractivity contribution < 1.29 is 4.42 Å². The molecule has 0 aliphatic rings. The van der Waals surface area contributed by atoms with Gasteiger partial charge in [-0.05, 0) is 6.92 Å². The largest absolute Gasteiger partial charge is 0.419 e. The van der Waals surface area contributed by atoms with Gasteiger partial charge in [-0.25, -0.2) is 4.98 Å². The van der Waals surface area contributed by atoms with Gasteiger partial charge in [0.15, 0.2) is 0 Å². The zero-order chi connectivity index (χ0) is 9.26. The Bertz CT molecular complexity index is 407. The van der Waals surface area contributed by atoms with Gasteiger partial charge < -0.3 is 4.42 Å². The summed E-state index contributed by atoms with van der Waals surface area (Å²) >= 11 is 1.58. The topological polar surface area (TPSA) is 51.8 Å². The van der Waals surface area contributed by atoms with E-state index in [-0.39, 0.29) is 0 Å². The maximum atomic E-state index is 5.35. The maximum Gasteiger partial charge on any atom is 0.267 e. The molecule has 13 heavy (non-hydrogen) atoms. The fourth-order valence-electron chi connectivity index (χ4n) is 0.962. The minimum absolute atomic E-state index is 0.515. The molecule has 0 saturated heterocycles. The third kappa shape index (κ3) is 1.60. The highest BCUT2D eigenvalue weighted by Gasteiger charge is 2.09. The summed E-state index contributed by atoms with van der Waals surface area (Å²) in [7, 11) is 0. The molecule has 0 bridgehead atoms. The zero-order valence-electron chi connectivity index (χ0n) is 7.44. The van der Waals surface area contributed by atoms with Gasteiger partial charge in [0.25, 0.3) is 5.89 Å². The number of rotatable bonds is 2. The summed E-state index contributed by atoms with van der Waals surface area (Å²) in [6.45, 7) is 3.93. The van der Waals surface area contributed by atoms with Gasteiger partial charge in [-0.2, -0.15) is 0 Å². The van der Waals surface area contributed by atoms with Crippen LogP contribution in [0.25, 0.3) is 11.6 Å². The van der Waals surface area contributed by atoms with Crippen molar-refractivity contribution in [2.45, 2.75) is 20.3 Å². The van der Waals surface area contributed by atoms with Gasteiger partial charge in [-0.3, -0.25) is 0 Å². The van der Waals surface area contributed by atoms with E-state index in [0.717, 1.165) is 17.1 Å². The summed E-state index contributed by atoms with van der Waals surface area (Å²) in [6, 6.07) is 0. The van der Waals surface area contributed by atoms with E-state index in [2.05, 4.69) is 15.2 Å². The van der Waals surface area contributed by atoms with Crippen molar-refractivity contribution >= 4 is 11.3 Å². The second-order valence-electron chi connectivity index (χ2n) is 2.61. The highest BCUT2D eigenvalue weighted by atomic mass is 32.1. The molecular weight excluding hydrogens is 186 g/mol. The van der Waals surface area contributed by atoms with E-state index in [4.69, 9.17) is 4.42 Å². The molecule has 0 aliphatic carbocycles. The molecule has 0 aromatic carbocycles. The fourth-order valence-corrected chi connectivity index (χ4v) is 1.55. The number of thiazole rings is 1. The van der Waals surface area contributed by atoms with Crippen LogP contribution in [-0.4, -0.2) is 15.2 Å². The van der Waals surface area contributed by atoms with E-state index < -0.39 is 0 Å². The van der Waals surface area contributed by atoms with Crippen LogP contribution in [-0.2, 0) is 6.42 Å². The Labute approximate surface area is 79.6 Å². The molecule has 2 aromatic heterocycles. The lowest BCUT2D eigenvalue weighted by atomic mass is 10.5. The second kappa shape index (κ2) is 3.26. The third-order valence-corrected chi connectivity index (χ3v) is 2.38. The van der Waals surface area contributed by atoms with E-state index in [1.807, 2.05) is 19.2 Å². The Balaban J connectivity index is 2.35. The van der Waals surface area contributed by atoms with Gasteiger partial charge in [-0.1, -0.05) is 6.92 Å². The molecule has 2 aromatic rings. The van der Waals surface area contributed by atoms with Crippen molar-refractivity contribution in [2.75, 3.05) is 0 Å². The van der Waals surface area contributed by atoms with Crippen molar-refractivity contribution in [3.8, 4) is 11.6 Å². The van der Waals surface area contributed by atoms with E-state index in [9.17, 15) is 0 Å². The predicted octanol–water partition coefficient (Wildman–Crippen LogP) is 2.06. The minimum atomic E-state index is 0.515. The van der Waals surface area contributed by atoms with Gasteiger partial charge >= 0.3 is 0 Å². The number of nitrogens with zero attached hydrogens (tertiary/aromatic N) is 3. The van der Waals surface area contributed by atoms with Crippen molar-refractivity contribution in [3.63, 3.8) is 0 Å². The number of aryl methyl sites for hydroxylation is 2. The Morgan fingerprint density at radius 3 is 2.85 bits per heavy atom. The number of hydrogen-bond acceptors (Lipinski definition) is 5. The Morgan fingerprint density at radius 1 is 1.46 bits per heavy atom. The SMILES string of the molecule is CCc1nnc(-c2csc(C)n2)o1. The van der Waals surface area contributed by atoms with E-state index in [0.29, 0.717) is 11.8 Å². The molecule has 68 valence electrons. The molecule has 0 spiro atoms. The van der Waals surface area contributed by atoms with E-state index in [1.165, 1.54) is 0 Å². The summed E-state index contributed by atoms with van der Waals surface area (Å²) in [6.07, 6.45) is 0.760. The average molecular weight is 195 g/mol. The van der Waals surface area contributed by atoms with Crippen LogP contribution in [0.2, 0.25) is 0 Å². The molecule has 0 aliphatic heterocycles. The van der Waals surface area contributed by atoms with Crippen molar-refractivity contribution in [3.05, 3.63) is 16.3 Å². The standard InChI is InChI=1S/C8H9N3OS/c1-3-7-10-11-8(12-7)6-4-13-5(2)9-6/h4H,3H2,1-2H3. The van der Waals surface area contributed by atoms with E-state index in [1.54, 1.807) is 11.3 Å². The highest BCUT2D eigenvalue weighted by molar-refractivity contribution is 7.09. The molecular formula is C8H9N3OS. The molecule has 4 nitrogen and oxygen atoms in total. The maximum absolute atomic E-state index is 5.35. The first kappa shape index (κ1) is 8.37. The van der Waals surface area contributed by atoms with Crippen LogP contribution in [0.15, 0.2) is 9.80 Å². The highest BCUT2D eigenvalue weighted by Crippen LogP contribution is 2.19. The average Bonchev–Trinajstić information content (AvgIpc) is 2.71. The molecule has 0 atom stereocenters. The molecule has 0 radical (unpaired) electrons. The number of aromatic nitrogens is 3. The Hall–Kier alpha value is -1.23. The van der Waals surface area contributed by atoms with Crippen LogP contribution < -0.4 is 0 Å². The van der Waals surface area contributed by atoms with Crippen LogP contribution in [0.5, 0.6) is 0 Å². The first-order valence-electron chi connectivity index (χ1n) is 4.04. The monoisotopic (exact) mass is 195 g/mol. The Morgan fingerprint density at radius 2 is 2.31 bits per heavy atom. The zero-order valence-corrected chi connectivity index (χ0v) is 8.26. The van der Waals surface area contributed by atoms with Gasteiger partial charge in [0.1, 0.15) is 5.69 Å². The quantitative estimate of drug-likeness (QED) is 0.736. The van der Waals surface area contributed by atoms with Gasteiger partial charge in [0.05, 0.1) is 5.01 Å².